The highest BCUT2D eigenvalue weighted by Gasteiger charge is 2.14. The molecule has 1 unspecified atom stereocenters. The molecule has 0 aromatic heterocycles. The summed E-state index contributed by atoms with van der Waals surface area (Å²) in [5, 5.41) is 6.59. The van der Waals surface area contributed by atoms with E-state index in [9.17, 15) is 4.39 Å². The van der Waals surface area contributed by atoms with Gasteiger partial charge < -0.3 is 24.8 Å². The first-order valence-electron chi connectivity index (χ1n) is 11.2. The fourth-order valence-corrected chi connectivity index (χ4v) is 3.53. The molecule has 3 rings (SSSR count). The zero-order chi connectivity index (χ0) is 22.8. The number of hydrogen-bond donors (Lipinski definition) is 2. The lowest BCUT2D eigenvalue weighted by atomic mass is 10.1. The van der Waals surface area contributed by atoms with E-state index in [1.165, 1.54) is 13.2 Å². The van der Waals surface area contributed by atoms with Gasteiger partial charge in [-0.05, 0) is 55.5 Å². The lowest BCUT2D eigenvalue weighted by Crippen LogP contribution is -2.38. The molecule has 6 nitrogen and oxygen atoms in total. The number of nitrogens with one attached hydrogen (secondary N) is 2. The summed E-state index contributed by atoms with van der Waals surface area (Å²) in [6, 6.07) is 13.2. The molecule has 2 aromatic carbocycles. The van der Waals surface area contributed by atoms with Crippen molar-refractivity contribution in [1.82, 2.24) is 10.6 Å². The van der Waals surface area contributed by atoms with E-state index >= 15 is 0 Å². The van der Waals surface area contributed by atoms with Crippen LogP contribution in [0.4, 0.5) is 4.39 Å². The molecule has 0 aliphatic carbocycles. The zero-order valence-corrected chi connectivity index (χ0v) is 21.9. The average Bonchev–Trinajstić information content (AvgIpc) is 2.82. The van der Waals surface area contributed by atoms with Crippen LogP contribution < -0.4 is 15.4 Å². The normalized spacial score (nSPS) is 15.5. The molecule has 182 valence electrons. The van der Waals surface area contributed by atoms with E-state index in [4.69, 9.17) is 14.2 Å². The van der Waals surface area contributed by atoms with Crippen LogP contribution in [0.1, 0.15) is 49.4 Å². The van der Waals surface area contributed by atoms with Gasteiger partial charge >= 0.3 is 0 Å². The monoisotopic (exact) mass is 571 g/mol. The Morgan fingerprint density at radius 3 is 2.48 bits per heavy atom. The molecule has 0 spiro atoms. The third kappa shape index (κ3) is 8.75. The van der Waals surface area contributed by atoms with Crippen LogP contribution in [-0.4, -0.2) is 38.9 Å². The van der Waals surface area contributed by atoms with Crippen molar-refractivity contribution in [3.63, 3.8) is 0 Å². The van der Waals surface area contributed by atoms with Gasteiger partial charge in [0.1, 0.15) is 0 Å². The predicted octanol–water partition coefficient (Wildman–Crippen LogP) is 4.96. The molecular weight excluding hydrogens is 536 g/mol. The molecule has 0 amide bonds. The lowest BCUT2D eigenvalue weighted by Gasteiger charge is -2.22. The molecular formula is C25H35FIN3O3. The average molecular weight is 571 g/mol. The van der Waals surface area contributed by atoms with Gasteiger partial charge in [-0.1, -0.05) is 30.3 Å². The van der Waals surface area contributed by atoms with Crippen molar-refractivity contribution in [2.45, 2.75) is 52.0 Å². The first kappa shape index (κ1) is 27.3. The topological polar surface area (TPSA) is 64.1 Å². The van der Waals surface area contributed by atoms with Gasteiger partial charge in [0.15, 0.2) is 17.5 Å². The molecule has 33 heavy (non-hydrogen) atoms. The van der Waals surface area contributed by atoms with E-state index in [0.29, 0.717) is 25.2 Å². The largest absolute Gasteiger partial charge is 0.494 e. The summed E-state index contributed by atoms with van der Waals surface area (Å²) in [6.07, 6.45) is 2.23. The summed E-state index contributed by atoms with van der Waals surface area (Å²) in [5.41, 5.74) is 3.09. The van der Waals surface area contributed by atoms with Gasteiger partial charge in [-0.3, -0.25) is 0 Å². The van der Waals surface area contributed by atoms with Crippen molar-refractivity contribution in [3.05, 3.63) is 65.0 Å². The molecule has 1 aliphatic heterocycles. The number of rotatable bonds is 9. The van der Waals surface area contributed by atoms with E-state index < -0.39 is 0 Å². The maximum Gasteiger partial charge on any atom is 0.192 e. The fraction of sp³-hybridized carbons (Fsp3) is 0.480. The molecule has 1 fully saturated rings. The second kappa shape index (κ2) is 14.4. The Labute approximate surface area is 213 Å². The minimum atomic E-state index is -0.374. The highest BCUT2D eigenvalue weighted by atomic mass is 127. The number of hydrogen-bond acceptors (Lipinski definition) is 4. The number of benzene rings is 2. The van der Waals surface area contributed by atoms with Crippen LogP contribution in [0.25, 0.3) is 0 Å². The SMILES string of the molecule is CCNC(=NCc1ccc(COC2CCOCC2)cc1)NC(C)c1ccc(OC)c(F)c1.I. The number of nitrogens with zero attached hydrogens (tertiary/aromatic N) is 1. The van der Waals surface area contributed by atoms with Gasteiger partial charge in [0.2, 0.25) is 0 Å². The summed E-state index contributed by atoms with van der Waals surface area (Å²) in [5.74, 6) is 0.549. The first-order chi connectivity index (χ1) is 15.6. The molecule has 0 saturated carbocycles. The van der Waals surface area contributed by atoms with Gasteiger partial charge in [-0.2, -0.15) is 0 Å². The summed E-state index contributed by atoms with van der Waals surface area (Å²) in [7, 11) is 1.46. The molecule has 2 N–H and O–H groups in total. The van der Waals surface area contributed by atoms with Gasteiger partial charge in [0, 0.05) is 19.8 Å². The quantitative estimate of drug-likeness (QED) is 0.253. The highest BCUT2D eigenvalue weighted by Crippen LogP contribution is 2.21. The minimum absolute atomic E-state index is 0. The van der Waals surface area contributed by atoms with Crippen molar-refractivity contribution in [3.8, 4) is 5.75 Å². The van der Waals surface area contributed by atoms with Crippen LogP contribution >= 0.6 is 24.0 Å². The maximum atomic E-state index is 14.0. The minimum Gasteiger partial charge on any atom is -0.494 e. The van der Waals surface area contributed by atoms with E-state index in [2.05, 4.69) is 39.9 Å². The highest BCUT2D eigenvalue weighted by molar-refractivity contribution is 14.0. The van der Waals surface area contributed by atoms with Crippen LogP contribution in [-0.2, 0) is 22.6 Å². The second-order valence-corrected chi connectivity index (χ2v) is 7.89. The molecule has 2 aromatic rings. The summed E-state index contributed by atoms with van der Waals surface area (Å²) in [6.45, 7) is 7.46. The molecule has 1 atom stereocenters. The van der Waals surface area contributed by atoms with E-state index in [-0.39, 0.29) is 41.6 Å². The van der Waals surface area contributed by atoms with E-state index in [1.54, 1.807) is 6.07 Å². The molecule has 1 aliphatic rings. The number of halogens is 2. The van der Waals surface area contributed by atoms with Crippen molar-refractivity contribution >= 4 is 29.9 Å². The second-order valence-electron chi connectivity index (χ2n) is 7.89. The van der Waals surface area contributed by atoms with Gasteiger partial charge in [-0.25, -0.2) is 9.38 Å². The van der Waals surface area contributed by atoms with Crippen molar-refractivity contribution in [2.24, 2.45) is 4.99 Å². The first-order valence-corrected chi connectivity index (χ1v) is 11.2. The Bertz CT molecular complexity index is 874. The number of aliphatic imine (C=N–C) groups is 1. The molecule has 0 radical (unpaired) electrons. The van der Waals surface area contributed by atoms with Gasteiger partial charge in [0.25, 0.3) is 0 Å². The van der Waals surface area contributed by atoms with Crippen LogP contribution in [0.5, 0.6) is 5.75 Å². The number of guanidine groups is 1. The molecule has 1 saturated heterocycles. The van der Waals surface area contributed by atoms with Crippen LogP contribution in [0, 0.1) is 5.82 Å². The molecule has 1 heterocycles. The standard InChI is InChI=1S/C25H34FN3O3.HI/c1-4-27-25(29-18(2)21-9-10-24(30-3)23(26)15-21)28-16-19-5-7-20(8-6-19)17-32-22-11-13-31-14-12-22;/h5-10,15,18,22H,4,11-14,16-17H2,1-3H3,(H2,27,28,29);1H. The van der Waals surface area contributed by atoms with Crippen LogP contribution in [0.3, 0.4) is 0 Å². The Kier molecular flexibility index (Phi) is 11.9. The third-order valence-electron chi connectivity index (χ3n) is 5.47. The van der Waals surface area contributed by atoms with Gasteiger partial charge in [0.05, 0.1) is 32.4 Å². The van der Waals surface area contributed by atoms with Crippen LogP contribution in [0.15, 0.2) is 47.5 Å². The fourth-order valence-electron chi connectivity index (χ4n) is 3.53. The Balaban J connectivity index is 0.00000385. The van der Waals surface area contributed by atoms with Crippen molar-refractivity contribution in [1.29, 1.82) is 0 Å². The smallest absolute Gasteiger partial charge is 0.192 e. The van der Waals surface area contributed by atoms with Crippen LogP contribution in [0.2, 0.25) is 0 Å². The van der Waals surface area contributed by atoms with E-state index in [0.717, 1.165) is 49.3 Å². The summed E-state index contributed by atoms with van der Waals surface area (Å²) < 4.78 is 30.4. The van der Waals surface area contributed by atoms with Gasteiger partial charge in [-0.15, -0.1) is 24.0 Å². The maximum absolute atomic E-state index is 14.0. The summed E-state index contributed by atoms with van der Waals surface area (Å²) in [4.78, 5) is 4.69. The molecule has 8 heteroatoms. The molecule has 0 bridgehead atoms. The predicted molar refractivity (Wildman–Crippen MR) is 140 cm³/mol. The summed E-state index contributed by atoms with van der Waals surface area (Å²) >= 11 is 0. The number of ether oxygens (including phenoxy) is 3. The lowest BCUT2D eigenvalue weighted by molar-refractivity contribution is -0.0390. The van der Waals surface area contributed by atoms with Crippen molar-refractivity contribution in [2.75, 3.05) is 26.9 Å². The van der Waals surface area contributed by atoms with E-state index in [1.807, 2.05) is 19.9 Å². The zero-order valence-electron chi connectivity index (χ0n) is 19.6. The Morgan fingerprint density at radius 1 is 1.15 bits per heavy atom. The Morgan fingerprint density at radius 2 is 1.85 bits per heavy atom. The number of methoxy groups -OCH3 is 1. The Hall–Kier alpha value is -1.91. The van der Waals surface area contributed by atoms with Crippen molar-refractivity contribution < 1.29 is 18.6 Å². The third-order valence-corrected chi connectivity index (χ3v) is 5.47.